The number of aromatic nitrogens is 3. The van der Waals surface area contributed by atoms with E-state index in [0.717, 1.165) is 36.1 Å². The topological polar surface area (TPSA) is 69.5 Å². The maximum Gasteiger partial charge on any atom is 0.228 e. The molecule has 0 spiro atoms. The number of nitrogens with zero attached hydrogens (tertiary/aromatic N) is 4. The van der Waals surface area contributed by atoms with Crippen molar-refractivity contribution in [3.05, 3.63) is 77.6 Å². The van der Waals surface area contributed by atoms with E-state index in [-0.39, 0.29) is 30.1 Å². The second-order valence-corrected chi connectivity index (χ2v) is 9.49. The molecule has 4 rings (SSSR count). The van der Waals surface area contributed by atoms with Crippen LogP contribution in [0.1, 0.15) is 56.0 Å². The molecule has 0 saturated carbocycles. The van der Waals surface area contributed by atoms with Crippen molar-refractivity contribution in [2.24, 2.45) is 5.92 Å². The van der Waals surface area contributed by atoms with E-state index in [1.54, 1.807) is 12.0 Å². The Morgan fingerprint density at radius 2 is 1.89 bits per heavy atom. The van der Waals surface area contributed by atoms with Gasteiger partial charge in [-0.2, -0.15) is 0 Å². The van der Waals surface area contributed by atoms with Crippen molar-refractivity contribution >= 4 is 5.91 Å². The minimum Gasteiger partial charge on any atom is -0.497 e. The van der Waals surface area contributed by atoms with Crippen molar-refractivity contribution in [3.63, 3.8) is 0 Å². The molecule has 0 unspecified atom stereocenters. The zero-order valence-corrected chi connectivity index (χ0v) is 21.4. The predicted octanol–water partition coefficient (Wildman–Crippen LogP) is 4.48. The lowest BCUT2D eigenvalue weighted by Gasteiger charge is -2.26. The van der Waals surface area contributed by atoms with Gasteiger partial charge in [-0.3, -0.25) is 4.79 Å². The summed E-state index contributed by atoms with van der Waals surface area (Å²) in [5, 5.41) is 8.48. The minimum absolute atomic E-state index is 0.0606. The normalized spacial score (nSPS) is 18.7. The van der Waals surface area contributed by atoms with Crippen molar-refractivity contribution in [2.45, 2.75) is 57.9 Å². The van der Waals surface area contributed by atoms with Gasteiger partial charge in [0.2, 0.25) is 5.91 Å². The lowest BCUT2D eigenvalue weighted by molar-refractivity contribution is -0.139. The minimum atomic E-state index is -0.176. The van der Waals surface area contributed by atoms with Gasteiger partial charge >= 0.3 is 0 Å². The molecular formula is C29H34N4O3. The summed E-state index contributed by atoms with van der Waals surface area (Å²) in [6.07, 6.45) is 4.55. The summed E-state index contributed by atoms with van der Waals surface area (Å²) in [5.74, 6) is 6.92. The molecule has 7 heteroatoms. The Kier molecular flexibility index (Phi) is 8.40. The SMILES string of the molecule is COc1ccc(C#Cc2cn([C@H](C)C[C@@H]3CC[C@H]([C@@H](C)C(=O)N(C)Cc4ccccc4)O3)nn2)cc1. The number of ether oxygens (including phenoxy) is 2. The van der Waals surface area contributed by atoms with Crippen molar-refractivity contribution in [3.8, 4) is 17.6 Å². The molecule has 7 nitrogen and oxygen atoms in total. The van der Waals surface area contributed by atoms with E-state index < -0.39 is 0 Å². The van der Waals surface area contributed by atoms with Gasteiger partial charge in [0.25, 0.3) is 0 Å². The lowest BCUT2D eigenvalue weighted by atomic mass is 9.99. The summed E-state index contributed by atoms with van der Waals surface area (Å²) in [6.45, 7) is 4.69. The Bertz CT molecular complexity index is 1200. The number of benzene rings is 2. The maximum absolute atomic E-state index is 13.0. The average Bonchev–Trinajstić information content (AvgIpc) is 3.57. The third-order valence-electron chi connectivity index (χ3n) is 6.72. The Hall–Kier alpha value is -3.63. The van der Waals surface area contributed by atoms with Crippen molar-refractivity contribution < 1.29 is 14.3 Å². The molecule has 1 aliphatic rings. The highest BCUT2D eigenvalue weighted by Gasteiger charge is 2.35. The molecule has 1 aliphatic heterocycles. The van der Waals surface area contributed by atoms with E-state index in [1.165, 1.54) is 0 Å². The van der Waals surface area contributed by atoms with Gasteiger partial charge in [-0.1, -0.05) is 48.4 Å². The quantitative estimate of drug-likeness (QED) is 0.439. The fourth-order valence-corrected chi connectivity index (χ4v) is 4.56. The van der Waals surface area contributed by atoms with Crippen LogP contribution >= 0.6 is 0 Å². The molecule has 4 atom stereocenters. The van der Waals surface area contributed by atoms with E-state index in [1.807, 2.05) is 79.4 Å². The Morgan fingerprint density at radius 3 is 2.61 bits per heavy atom. The third kappa shape index (κ3) is 6.52. The van der Waals surface area contributed by atoms with Gasteiger partial charge < -0.3 is 14.4 Å². The van der Waals surface area contributed by atoms with Crippen LogP contribution in [0.25, 0.3) is 0 Å². The van der Waals surface area contributed by atoms with Crippen molar-refractivity contribution in [1.82, 2.24) is 19.9 Å². The second-order valence-electron chi connectivity index (χ2n) is 9.49. The van der Waals surface area contributed by atoms with Crippen LogP contribution in [0.3, 0.4) is 0 Å². The van der Waals surface area contributed by atoms with E-state index in [4.69, 9.17) is 9.47 Å². The number of rotatable bonds is 8. The molecule has 1 saturated heterocycles. The van der Waals surface area contributed by atoms with Gasteiger partial charge in [0.05, 0.1) is 37.5 Å². The molecule has 0 N–H and O–H groups in total. The molecule has 188 valence electrons. The van der Waals surface area contributed by atoms with E-state index in [9.17, 15) is 4.79 Å². The molecule has 1 aromatic heterocycles. The summed E-state index contributed by atoms with van der Waals surface area (Å²) in [7, 11) is 3.50. The van der Waals surface area contributed by atoms with Gasteiger partial charge in [0.15, 0.2) is 5.69 Å². The van der Waals surface area contributed by atoms with E-state index in [2.05, 4.69) is 29.1 Å². The first-order valence-electron chi connectivity index (χ1n) is 12.4. The first-order valence-corrected chi connectivity index (χ1v) is 12.4. The van der Waals surface area contributed by atoms with Crippen LogP contribution in [0, 0.1) is 17.8 Å². The standard InChI is InChI=1S/C29H34N4O3/c1-21(33-20-25(30-31-33)13-10-23-11-14-26(35-4)15-12-23)18-27-16-17-28(36-27)22(2)29(34)32(3)19-24-8-6-5-7-9-24/h5-9,11-12,14-15,20-22,27-28H,16-19H2,1-4H3/t21-,22-,27+,28-/m1/s1. The third-order valence-corrected chi connectivity index (χ3v) is 6.72. The molecule has 0 bridgehead atoms. The monoisotopic (exact) mass is 486 g/mol. The molecule has 3 aromatic rings. The summed E-state index contributed by atoms with van der Waals surface area (Å²) in [6, 6.07) is 17.8. The van der Waals surface area contributed by atoms with Gasteiger partial charge in [-0.25, -0.2) is 4.68 Å². The van der Waals surface area contributed by atoms with Gasteiger partial charge in [0.1, 0.15) is 5.75 Å². The van der Waals surface area contributed by atoms with Crippen molar-refractivity contribution in [2.75, 3.05) is 14.2 Å². The molecule has 1 amide bonds. The largest absolute Gasteiger partial charge is 0.497 e. The van der Waals surface area contributed by atoms with Crippen LogP contribution in [0.4, 0.5) is 0 Å². The van der Waals surface area contributed by atoms with Gasteiger partial charge in [-0.05, 0) is 61.9 Å². The predicted molar refractivity (Wildman–Crippen MR) is 138 cm³/mol. The van der Waals surface area contributed by atoms with Crippen molar-refractivity contribution in [1.29, 1.82) is 0 Å². The van der Waals surface area contributed by atoms with Crippen LogP contribution in [0.15, 0.2) is 60.8 Å². The Balaban J connectivity index is 1.27. The highest BCUT2D eigenvalue weighted by Crippen LogP contribution is 2.31. The van der Waals surface area contributed by atoms with Gasteiger partial charge in [-0.15, -0.1) is 5.10 Å². The molecule has 0 radical (unpaired) electrons. The number of carbonyl (C=O) groups is 1. The Labute approximate surface area is 213 Å². The highest BCUT2D eigenvalue weighted by atomic mass is 16.5. The van der Waals surface area contributed by atoms with Crippen LogP contribution in [-0.2, 0) is 16.1 Å². The molecule has 0 aliphatic carbocycles. The Morgan fingerprint density at radius 1 is 1.14 bits per heavy atom. The molecule has 1 fully saturated rings. The number of hydrogen-bond acceptors (Lipinski definition) is 5. The number of carbonyl (C=O) groups excluding carboxylic acids is 1. The molecule has 2 heterocycles. The molecule has 2 aromatic carbocycles. The van der Waals surface area contributed by atoms with Crippen LogP contribution in [0.5, 0.6) is 5.75 Å². The molecular weight excluding hydrogens is 452 g/mol. The number of amides is 1. The fraction of sp³-hybridized carbons (Fsp3) is 0.414. The highest BCUT2D eigenvalue weighted by molar-refractivity contribution is 5.78. The summed E-state index contributed by atoms with van der Waals surface area (Å²) in [5.41, 5.74) is 2.64. The number of methoxy groups -OCH3 is 1. The maximum atomic E-state index is 13.0. The zero-order valence-electron chi connectivity index (χ0n) is 21.4. The smallest absolute Gasteiger partial charge is 0.228 e. The summed E-state index contributed by atoms with van der Waals surface area (Å²) < 4.78 is 13.3. The fourth-order valence-electron chi connectivity index (χ4n) is 4.56. The van der Waals surface area contributed by atoms with E-state index in [0.29, 0.717) is 12.2 Å². The summed E-state index contributed by atoms with van der Waals surface area (Å²) >= 11 is 0. The summed E-state index contributed by atoms with van der Waals surface area (Å²) in [4.78, 5) is 14.8. The first-order chi connectivity index (χ1) is 17.4. The average molecular weight is 487 g/mol. The molecule has 36 heavy (non-hydrogen) atoms. The van der Waals surface area contributed by atoms with Crippen LogP contribution in [-0.4, -0.2) is 52.2 Å². The lowest BCUT2D eigenvalue weighted by Crippen LogP contribution is -2.37. The van der Waals surface area contributed by atoms with E-state index >= 15 is 0 Å². The number of hydrogen-bond donors (Lipinski definition) is 0. The van der Waals surface area contributed by atoms with Gasteiger partial charge in [0, 0.05) is 19.2 Å². The second kappa shape index (κ2) is 11.9. The van der Waals surface area contributed by atoms with Crippen LogP contribution in [0.2, 0.25) is 0 Å². The first kappa shape index (κ1) is 25.5. The zero-order chi connectivity index (χ0) is 25.5. The van der Waals surface area contributed by atoms with Crippen LogP contribution < -0.4 is 4.74 Å².